The summed E-state index contributed by atoms with van der Waals surface area (Å²) in [5, 5.41) is 0. The summed E-state index contributed by atoms with van der Waals surface area (Å²) in [6.07, 6.45) is 3.48. The molecule has 2 aromatic carbocycles. The number of sulfone groups is 1. The largest absolute Gasteiger partial charge is 0.368 e. The summed E-state index contributed by atoms with van der Waals surface area (Å²) in [4.78, 5) is 28.6. The number of rotatable bonds is 4. The molecule has 0 radical (unpaired) electrons. The van der Waals surface area contributed by atoms with Crippen LogP contribution in [-0.4, -0.2) is 50.1 Å². The molecule has 29 heavy (non-hydrogen) atoms. The Morgan fingerprint density at radius 2 is 1.76 bits per heavy atom. The second-order valence-corrected chi connectivity index (χ2v) is 9.67. The van der Waals surface area contributed by atoms with Crippen LogP contribution in [0.1, 0.15) is 19.3 Å². The first-order valence-electron chi connectivity index (χ1n) is 9.53. The Bertz CT molecular complexity index is 1080. The number of fused-ring (bicyclic) bond motifs is 1. The minimum atomic E-state index is -3.37. The third-order valence-electron chi connectivity index (χ3n) is 5.86. The number of carbonyl (C=O) groups excluding carboxylic acids is 2. The number of urea groups is 1. The fourth-order valence-electron chi connectivity index (χ4n) is 4.34. The third-order valence-corrected chi connectivity index (χ3v) is 7.01. The number of carbonyl (C=O) groups is 2. The first kappa shape index (κ1) is 19.4. The summed E-state index contributed by atoms with van der Waals surface area (Å²) in [5.41, 5.74) is 6.75. The van der Waals surface area contributed by atoms with Crippen LogP contribution in [0.5, 0.6) is 0 Å². The maximum atomic E-state index is 13.0. The summed E-state index contributed by atoms with van der Waals surface area (Å²) >= 11 is 0. The molecule has 2 aliphatic heterocycles. The van der Waals surface area contributed by atoms with Crippen LogP contribution in [0.3, 0.4) is 0 Å². The zero-order chi connectivity index (χ0) is 20.8. The molecule has 0 saturated carbocycles. The maximum absolute atomic E-state index is 13.0. The van der Waals surface area contributed by atoms with E-state index in [1.165, 1.54) is 6.26 Å². The molecular weight excluding hydrogens is 390 g/mol. The summed E-state index contributed by atoms with van der Waals surface area (Å²) in [6.45, 7) is 0.762. The van der Waals surface area contributed by atoms with Crippen molar-refractivity contribution in [2.45, 2.75) is 29.7 Å². The molecule has 3 amide bonds. The van der Waals surface area contributed by atoms with Crippen molar-refractivity contribution < 1.29 is 18.0 Å². The lowest BCUT2D eigenvalue weighted by molar-refractivity contribution is -0.128. The molecule has 2 aromatic rings. The number of benzene rings is 2. The number of nitrogens with zero attached hydrogens (tertiary/aromatic N) is 2. The molecule has 2 N–H and O–H groups in total. The number of hydrogen-bond acceptors (Lipinski definition) is 4. The predicted molar refractivity (Wildman–Crippen MR) is 110 cm³/mol. The van der Waals surface area contributed by atoms with Crippen molar-refractivity contribution in [3.63, 3.8) is 0 Å². The Morgan fingerprint density at radius 1 is 1.07 bits per heavy atom. The van der Waals surface area contributed by atoms with Gasteiger partial charge in [-0.2, -0.15) is 0 Å². The van der Waals surface area contributed by atoms with Crippen molar-refractivity contribution in [2.24, 2.45) is 5.73 Å². The van der Waals surface area contributed by atoms with E-state index in [9.17, 15) is 18.0 Å². The van der Waals surface area contributed by atoms with Crippen LogP contribution in [0.4, 0.5) is 10.5 Å². The molecule has 2 heterocycles. The highest BCUT2D eigenvalue weighted by Gasteiger charge is 2.54. The third kappa shape index (κ3) is 3.17. The summed E-state index contributed by atoms with van der Waals surface area (Å²) in [5.74, 6) is -0.466. The van der Waals surface area contributed by atoms with Gasteiger partial charge in [0.25, 0.3) is 0 Å². The van der Waals surface area contributed by atoms with Gasteiger partial charge in [0, 0.05) is 24.1 Å². The number of hydrogen-bond donors (Lipinski definition) is 1. The molecular formula is C21H23N3O4S. The van der Waals surface area contributed by atoms with Gasteiger partial charge in [-0.05, 0) is 43.0 Å². The fourth-order valence-corrected chi connectivity index (χ4v) is 5.25. The molecule has 2 aliphatic rings. The molecule has 152 valence electrons. The molecule has 7 nitrogen and oxygen atoms in total. The highest BCUT2D eigenvalue weighted by Crippen LogP contribution is 2.38. The zero-order valence-electron chi connectivity index (χ0n) is 16.2. The quantitative estimate of drug-likeness (QED) is 0.832. The molecule has 8 heteroatoms. The molecule has 2 fully saturated rings. The SMILES string of the molecule is CS(=O)(=O)c1ccccc1-c1ccc(N2C[C@@]3(C(N)=O)CCCCN3C2=O)cc1. The van der Waals surface area contributed by atoms with Gasteiger partial charge in [-0.3, -0.25) is 9.69 Å². The van der Waals surface area contributed by atoms with E-state index in [2.05, 4.69) is 0 Å². The van der Waals surface area contributed by atoms with Gasteiger partial charge < -0.3 is 10.6 Å². The van der Waals surface area contributed by atoms with Crippen LogP contribution in [0.2, 0.25) is 0 Å². The van der Waals surface area contributed by atoms with Crippen LogP contribution in [0.25, 0.3) is 11.1 Å². The Kier molecular flexibility index (Phi) is 4.61. The Balaban J connectivity index is 1.68. The number of amides is 3. The topological polar surface area (TPSA) is 101 Å². The van der Waals surface area contributed by atoms with Gasteiger partial charge in [0.15, 0.2) is 9.84 Å². The molecule has 0 aliphatic carbocycles. The van der Waals surface area contributed by atoms with Crippen LogP contribution in [0.15, 0.2) is 53.4 Å². The monoisotopic (exact) mass is 413 g/mol. The van der Waals surface area contributed by atoms with Crippen molar-refractivity contribution in [3.8, 4) is 11.1 Å². The summed E-state index contributed by atoms with van der Waals surface area (Å²) < 4.78 is 24.2. The average Bonchev–Trinajstić information content (AvgIpc) is 3.02. The van der Waals surface area contributed by atoms with Crippen molar-refractivity contribution in [2.75, 3.05) is 24.2 Å². The van der Waals surface area contributed by atoms with Crippen LogP contribution >= 0.6 is 0 Å². The van der Waals surface area contributed by atoms with E-state index in [4.69, 9.17) is 5.73 Å². The minimum absolute atomic E-state index is 0.215. The van der Waals surface area contributed by atoms with Gasteiger partial charge >= 0.3 is 6.03 Å². The van der Waals surface area contributed by atoms with Gasteiger partial charge in [-0.15, -0.1) is 0 Å². The van der Waals surface area contributed by atoms with Crippen molar-refractivity contribution >= 4 is 27.5 Å². The Hall–Kier alpha value is -2.87. The average molecular weight is 413 g/mol. The molecule has 2 saturated heterocycles. The number of primary amides is 1. The van der Waals surface area contributed by atoms with E-state index < -0.39 is 21.3 Å². The molecule has 0 aromatic heterocycles. The van der Waals surface area contributed by atoms with Crippen LogP contribution in [-0.2, 0) is 14.6 Å². The van der Waals surface area contributed by atoms with Crippen LogP contribution in [0, 0.1) is 0 Å². The highest BCUT2D eigenvalue weighted by molar-refractivity contribution is 7.90. The second-order valence-electron chi connectivity index (χ2n) is 7.69. The smallest absolute Gasteiger partial charge is 0.325 e. The van der Waals surface area contributed by atoms with Gasteiger partial charge in [0.1, 0.15) is 5.54 Å². The van der Waals surface area contributed by atoms with Gasteiger partial charge in [-0.25, -0.2) is 13.2 Å². The highest BCUT2D eigenvalue weighted by atomic mass is 32.2. The fraction of sp³-hybridized carbons (Fsp3) is 0.333. The molecule has 1 atom stereocenters. The van der Waals surface area contributed by atoms with E-state index in [0.717, 1.165) is 18.4 Å². The number of nitrogens with two attached hydrogens (primary N) is 1. The van der Waals surface area contributed by atoms with E-state index in [0.29, 0.717) is 24.2 Å². The zero-order valence-corrected chi connectivity index (χ0v) is 17.0. The first-order valence-corrected chi connectivity index (χ1v) is 11.4. The summed E-state index contributed by atoms with van der Waals surface area (Å²) in [6, 6.07) is 13.7. The van der Waals surface area contributed by atoms with Crippen molar-refractivity contribution in [1.82, 2.24) is 4.90 Å². The minimum Gasteiger partial charge on any atom is -0.368 e. The number of piperidine rings is 1. The molecule has 0 bridgehead atoms. The lowest BCUT2D eigenvalue weighted by Crippen LogP contribution is -2.58. The maximum Gasteiger partial charge on any atom is 0.325 e. The normalized spacial score (nSPS) is 21.9. The molecule has 0 unspecified atom stereocenters. The predicted octanol–water partition coefficient (Wildman–Crippen LogP) is 2.41. The lowest BCUT2D eigenvalue weighted by Gasteiger charge is -2.37. The van der Waals surface area contributed by atoms with Gasteiger partial charge in [0.05, 0.1) is 11.4 Å². The van der Waals surface area contributed by atoms with Crippen molar-refractivity contribution in [1.29, 1.82) is 0 Å². The molecule has 4 rings (SSSR count). The van der Waals surface area contributed by atoms with Gasteiger partial charge in [0.2, 0.25) is 5.91 Å². The summed E-state index contributed by atoms with van der Waals surface area (Å²) in [7, 11) is -3.37. The van der Waals surface area contributed by atoms with E-state index >= 15 is 0 Å². The van der Waals surface area contributed by atoms with Gasteiger partial charge in [-0.1, -0.05) is 30.3 Å². The lowest BCUT2D eigenvalue weighted by atomic mass is 9.87. The molecule has 0 spiro atoms. The van der Waals surface area contributed by atoms with Crippen molar-refractivity contribution in [3.05, 3.63) is 48.5 Å². The second kappa shape index (κ2) is 6.88. The van der Waals surface area contributed by atoms with E-state index in [-0.39, 0.29) is 17.5 Å². The Labute approximate surface area is 170 Å². The van der Waals surface area contributed by atoms with E-state index in [1.54, 1.807) is 58.3 Å². The van der Waals surface area contributed by atoms with E-state index in [1.807, 2.05) is 0 Å². The standard InChI is InChI=1S/C21H23N3O4S/c1-29(27,28)18-7-3-2-6-17(18)15-8-10-16(11-9-15)23-14-21(19(22)25)12-4-5-13-24(21)20(23)26/h2-3,6-11H,4-5,12-14H2,1H3,(H2,22,25)/t21-/m1/s1. The Morgan fingerprint density at radius 3 is 2.38 bits per heavy atom. The number of anilines is 1. The van der Waals surface area contributed by atoms with Crippen LogP contribution < -0.4 is 10.6 Å². The first-order chi connectivity index (χ1) is 13.7.